The van der Waals surface area contributed by atoms with Crippen LogP contribution < -0.4 is 0 Å². The summed E-state index contributed by atoms with van der Waals surface area (Å²) in [5, 5.41) is 9.93. The molecule has 2 aliphatic rings. The summed E-state index contributed by atoms with van der Waals surface area (Å²) in [5.41, 5.74) is 8.69. The lowest BCUT2D eigenvalue weighted by Gasteiger charge is -2.33. The van der Waals surface area contributed by atoms with Crippen molar-refractivity contribution in [2.75, 3.05) is 7.05 Å². The fourth-order valence-electron chi connectivity index (χ4n) is 8.42. The molecule has 4 heteroatoms. The normalized spacial score (nSPS) is 15.3. The van der Waals surface area contributed by atoms with Crippen LogP contribution in [0.1, 0.15) is 22.9 Å². The molecule has 0 bridgehead atoms. The minimum atomic E-state index is -0.265. The SMILES string of the molecule is CN1C(c2cccc3sc4c5c(ccc4c23)-c2cccc3cccc-5c23)=NC(c2cccc3ccccc23)=NC1c1cccc2ccccc12. The molecule has 1 aromatic heterocycles. The van der Waals surface area contributed by atoms with Gasteiger partial charge >= 0.3 is 0 Å². The minimum absolute atomic E-state index is 0.265. The Kier molecular flexibility index (Phi) is 5.81. The van der Waals surface area contributed by atoms with E-state index in [0.717, 1.165) is 28.2 Å². The van der Waals surface area contributed by atoms with Crippen LogP contribution in [0.3, 0.4) is 0 Å². The van der Waals surface area contributed by atoms with Gasteiger partial charge in [0.05, 0.1) is 0 Å². The summed E-state index contributed by atoms with van der Waals surface area (Å²) in [4.78, 5) is 13.2. The Hall–Kier alpha value is -6.10. The van der Waals surface area contributed by atoms with E-state index < -0.39 is 0 Å². The van der Waals surface area contributed by atoms with E-state index in [9.17, 15) is 0 Å². The highest BCUT2D eigenvalue weighted by atomic mass is 32.1. The molecule has 0 saturated heterocycles. The number of fused-ring (bicyclic) bond motifs is 9. The van der Waals surface area contributed by atoms with Crippen LogP contribution in [0.4, 0.5) is 0 Å². The Balaban J connectivity index is 1.17. The highest BCUT2D eigenvalue weighted by Crippen LogP contribution is 2.53. The van der Waals surface area contributed by atoms with Gasteiger partial charge in [-0.3, -0.25) is 0 Å². The Bertz CT molecular complexity index is 2950. The van der Waals surface area contributed by atoms with Crippen LogP contribution in [0.5, 0.6) is 0 Å². The zero-order chi connectivity index (χ0) is 32.9. The van der Waals surface area contributed by atoms with E-state index in [0.29, 0.717) is 0 Å². The van der Waals surface area contributed by atoms with Crippen LogP contribution >= 0.6 is 11.3 Å². The van der Waals surface area contributed by atoms with Crippen LogP contribution in [-0.4, -0.2) is 23.6 Å². The molecule has 1 unspecified atom stereocenters. The van der Waals surface area contributed by atoms with Gasteiger partial charge in [-0.2, -0.15) is 0 Å². The molecule has 0 amide bonds. The van der Waals surface area contributed by atoms with Crippen molar-refractivity contribution in [1.29, 1.82) is 0 Å². The van der Waals surface area contributed by atoms with Crippen molar-refractivity contribution in [3.8, 4) is 22.3 Å². The molecule has 1 aliphatic heterocycles. The second kappa shape index (κ2) is 10.4. The van der Waals surface area contributed by atoms with Crippen LogP contribution in [0.15, 0.2) is 162 Å². The molecule has 2 heterocycles. The van der Waals surface area contributed by atoms with Crippen molar-refractivity contribution in [1.82, 2.24) is 4.90 Å². The summed E-state index contributed by atoms with van der Waals surface area (Å²) in [6, 6.07) is 54.9. The summed E-state index contributed by atoms with van der Waals surface area (Å²) >= 11 is 1.90. The molecule has 11 rings (SSSR count). The highest BCUT2D eigenvalue weighted by Gasteiger charge is 2.31. The zero-order valence-corrected chi connectivity index (χ0v) is 28.1. The van der Waals surface area contributed by atoms with Gasteiger partial charge < -0.3 is 4.90 Å². The maximum absolute atomic E-state index is 5.48. The number of nitrogens with zero attached hydrogens (tertiary/aromatic N) is 3. The predicted molar refractivity (Wildman–Crippen MR) is 213 cm³/mol. The molecule has 50 heavy (non-hydrogen) atoms. The lowest BCUT2D eigenvalue weighted by Crippen LogP contribution is -2.36. The Morgan fingerprint density at radius 3 is 1.98 bits per heavy atom. The third kappa shape index (κ3) is 3.85. The van der Waals surface area contributed by atoms with Gasteiger partial charge in [-0.1, -0.05) is 146 Å². The quantitative estimate of drug-likeness (QED) is 0.186. The average Bonchev–Trinajstić information content (AvgIpc) is 3.72. The number of hydrogen-bond acceptors (Lipinski definition) is 4. The Morgan fingerprint density at radius 2 is 1.14 bits per heavy atom. The van der Waals surface area contributed by atoms with E-state index in [4.69, 9.17) is 9.98 Å². The molecule has 9 aromatic rings. The van der Waals surface area contributed by atoms with Crippen LogP contribution in [0.25, 0.3) is 74.7 Å². The average molecular weight is 656 g/mol. The van der Waals surface area contributed by atoms with Crippen molar-refractivity contribution in [3.05, 3.63) is 168 Å². The minimum Gasteiger partial charge on any atom is -0.333 e. The van der Waals surface area contributed by atoms with Crippen LogP contribution in [0, 0.1) is 0 Å². The first-order valence-electron chi connectivity index (χ1n) is 17.1. The summed E-state index contributed by atoms with van der Waals surface area (Å²) < 4.78 is 2.60. The molecular formula is C46H29N3S. The van der Waals surface area contributed by atoms with E-state index in [1.807, 2.05) is 11.3 Å². The number of aliphatic imine (C=N–C) groups is 2. The molecule has 3 nitrogen and oxygen atoms in total. The molecular weight excluding hydrogens is 627 g/mol. The summed E-state index contributed by atoms with van der Waals surface area (Å²) in [7, 11) is 2.15. The third-order valence-electron chi connectivity index (χ3n) is 10.7. The highest BCUT2D eigenvalue weighted by molar-refractivity contribution is 7.26. The first kappa shape index (κ1) is 27.8. The standard InChI is InChI=1S/C46H29N3S/c1-49-45(35-21-7-14-28-12-3-5-18-31(28)35)47-44(34-20-6-13-27-11-2-4-17-30(27)34)48-46(49)38-23-10-24-39-41(38)37-26-25-33-32-19-8-15-29-16-9-22-36(40(29)32)42(33)43(37)50-39/h2-26,45H,1H3. The summed E-state index contributed by atoms with van der Waals surface area (Å²) in [6.45, 7) is 0. The molecule has 8 aromatic carbocycles. The summed E-state index contributed by atoms with van der Waals surface area (Å²) in [6.07, 6.45) is -0.265. The van der Waals surface area contributed by atoms with Crippen LogP contribution in [0.2, 0.25) is 0 Å². The van der Waals surface area contributed by atoms with Gasteiger partial charge in [0.25, 0.3) is 0 Å². The molecule has 1 atom stereocenters. The van der Waals surface area contributed by atoms with E-state index in [1.165, 1.54) is 74.9 Å². The zero-order valence-electron chi connectivity index (χ0n) is 27.3. The van der Waals surface area contributed by atoms with Gasteiger partial charge in [-0.05, 0) is 55.1 Å². The monoisotopic (exact) mass is 655 g/mol. The molecule has 1 aliphatic carbocycles. The number of benzene rings is 8. The lowest BCUT2D eigenvalue weighted by molar-refractivity contribution is 0.385. The van der Waals surface area contributed by atoms with E-state index in [2.05, 4.69) is 164 Å². The molecule has 0 fully saturated rings. The van der Waals surface area contributed by atoms with E-state index in [-0.39, 0.29) is 6.17 Å². The number of thiophene rings is 1. The van der Waals surface area contributed by atoms with Gasteiger partial charge in [-0.15, -0.1) is 11.3 Å². The third-order valence-corrected chi connectivity index (χ3v) is 11.8. The number of hydrogen-bond donors (Lipinski definition) is 0. The second-order valence-corrected chi connectivity index (χ2v) is 14.4. The van der Waals surface area contributed by atoms with Crippen LogP contribution in [-0.2, 0) is 0 Å². The van der Waals surface area contributed by atoms with Crippen molar-refractivity contribution in [3.63, 3.8) is 0 Å². The van der Waals surface area contributed by atoms with Crippen molar-refractivity contribution in [2.45, 2.75) is 6.17 Å². The first-order chi connectivity index (χ1) is 24.7. The maximum atomic E-state index is 5.48. The largest absolute Gasteiger partial charge is 0.333 e. The first-order valence-corrected chi connectivity index (χ1v) is 17.9. The van der Waals surface area contributed by atoms with Crippen molar-refractivity contribution in [2.24, 2.45) is 9.98 Å². The topological polar surface area (TPSA) is 28.0 Å². The fourth-order valence-corrected chi connectivity index (χ4v) is 9.71. The fraction of sp³-hybridized carbons (Fsp3) is 0.0435. The van der Waals surface area contributed by atoms with Crippen molar-refractivity contribution >= 4 is 75.5 Å². The van der Waals surface area contributed by atoms with E-state index in [1.54, 1.807) is 0 Å². The predicted octanol–water partition coefficient (Wildman–Crippen LogP) is 12.0. The molecule has 0 N–H and O–H groups in total. The summed E-state index contributed by atoms with van der Waals surface area (Å²) in [5.74, 6) is 1.68. The van der Waals surface area contributed by atoms with Gasteiger partial charge in [0.15, 0.2) is 12.0 Å². The lowest BCUT2D eigenvalue weighted by atomic mass is 9.97. The number of rotatable bonds is 3. The molecule has 0 spiro atoms. The maximum Gasteiger partial charge on any atom is 0.160 e. The van der Waals surface area contributed by atoms with Gasteiger partial charge in [0, 0.05) is 49.5 Å². The Morgan fingerprint density at radius 1 is 0.500 bits per heavy atom. The molecule has 0 saturated carbocycles. The molecule has 0 radical (unpaired) electrons. The smallest absolute Gasteiger partial charge is 0.160 e. The second-order valence-electron chi connectivity index (χ2n) is 13.3. The number of amidine groups is 2. The van der Waals surface area contributed by atoms with Gasteiger partial charge in [0.2, 0.25) is 0 Å². The van der Waals surface area contributed by atoms with E-state index >= 15 is 0 Å². The Labute approximate surface area is 293 Å². The molecule has 234 valence electrons. The van der Waals surface area contributed by atoms with Gasteiger partial charge in [0.1, 0.15) is 5.84 Å². The van der Waals surface area contributed by atoms with Crippen molar-refractivity contribution < 1.29 is 0 Å². The van der Waals surface area contributed by atoms with Gasteiger partial charge in [-0.25, -0.2) is 9.98 Å².